The van der Waals surface area contributed by atoms with Crippen LogP contribution in [0.15, 0.2) is 71.9 Å². The number of amides is 1. The summed E-state index contributed by atoms with van der Waals surface area (Å²) in [5, 5.41) is 3.48. The van der Waals surface area contributed by atoms with Gasteiger partial charge in [-0.2, -0.15) is 0 Å². The molecule has 2 heterocycles. The number of hydrogen-bond acceptors (Lipinski definition) is 13. The van der Waals surface area contributed by atoms with E-state index in [4.69, 9.17) is 42.6 Å². The van der Waals surface area contributed by atoms with Gasteiger partial charge in [-0.1, -0.05) is 278 Å². The Morgan fingerprint density at radius 3 is 1.23 bits per heavy atom. The van der Waals surface area contributed by atoms with Gasteiger partial charge in [0.15, 0.2) is 0 Å². The second-order valence-electron chi connectivity index (χ2n) is 46.4. The van der Waals surface area contributed by atoms with Crippen molar-refractivity contribution in [3.63, 3.8) is 0 Å². The van der Waals surface area contributed by atoms with Crippen LogP contribution in [0.5, 0.6) is 0 Å². The van der Waals surface area contributed by atoms with Gasteiger partial charge in [-0.3, -0.25) is 9.80 Å². The first kappa shape index (κ1) is 115. The summed E-state index contributed by atoms with van der Waals surface area (Å²) in [6.07, 6.45) is 84.7. The number of fused-ring (bicyclic) bond motifs is 10. The summed E-state index contributed by atoms with van der Waals surface area (Å²) >= 11 is 0. The number of hydrogen-bond donors (Lipinski definition) is 1. The molecule has 18 atom stereocenters. The highest BCUT2D eigenvalue weighted by Crippen LogP contribution is 2.69. The van der Waals surface area contributed by atoms with Crippen LogP contribution in [0.25, 0.3) is 0 Å². The summed E-state index contributed by atoms with van der Waals surface area (Å²) in [5.74, 6) is 10.6. The Balaban J connectivity index is 0.000000325. The zero-order valence-corrected chi connectivity index (χ0v) is 88.0. The van der Waals surface area contributed by atoms with Crippen LogP contribution in [-0.2, 0) is 42.6 Å². The van der Waals surface area contributed by atoms with E-state index in [1.807, 2.05) is 25.7 Å². The van der Waals surface area contributed by atoms with Crippen LogP contribution in [0.2, 0.25) is 0 Å². The molecule has 0 aromatic carbocycles. The van der Waals surface area contributed by atoms with E-state index in [0.29, 0.717) is 113 Å². The number of rotatable bonds is 64. The van der Waals surface area contributed by atoms with E-state index in [1.165, 1.54) is 257 Å². The van der Waals surface area contributed by atoms with Crippen LogP contribution in [0.4, 0.5) is 4.79 Å². The summed E-state index contributed by atoms with van der Waals surface area (Å²) < 4.78 is 56.2. The number of allylic oxidation sites excluding steroid dienone is 10. The second kappa shape index (κ2) is 63.2. The fourth-order valence-corrected chi connectivity index (χ4v) is 26.9. The Kier molecular flexibility index (Phi) is 54.9. The summed E-state index contributed by atoms with van der Waals surface area (Å²) in [6, 6.07) is 0. The molecule has 764 valence electrons. The third-order valence-corrected chi connectivity index (χ3v) is 34.6. The van der Waals surface area contributed by atoms with Crippen LogP contribution < -0.4 is 5.32 Å². The van der Waals surface area contributed by atoms with Crippen molar-refractivity contribution >= 4 is 6.09 Å². The lowest BCUT2D eigenvalue weighted by Gasteiger charge is -2.58. The summed E-state index contributed by atoms with van der Waals surface area (Å²) in [4.78, 5) is 19.4. The van der Waals surface area contributed by atoms with Crippen molar-refractivity contribution in [2.24, 2.45) is 92.7 Å². The quantitative estimate of drug-likeness (QED) is 0.0460. The molecule has 0 aromatic heterocycles. The number of carbonyl (C=O) groups is 1. The fourth-order valence-electron chi connectivity index (χ4n) is 26.9. The Morgan fingerprint density at radius 2 is 0.818 bits per heavy atom. The molecule has 0 spiro atoms. The molecule has 0 aromatic rings. The molecule has 8 fully saturated rings. The van der Waals surface area contributed by atoms with Gasteiger partial charge in [0, 0.05) is 78.7 Å². The van der Waals surface area contributed by atoms with Gasteiger partial charge in [-0.05, 0) is 293 Å². The van der Waals surface area contributed by atoms with E-state index in [0.717, 1.165) is 175 Å². The number of piperazine rings is 2. The highest BCUT2D eigenvalue weighted by Gasteiger charge is 2.61. The second-order valence-corrected chi connectivity index (χ2v) is 46.4. The van der Waals surface area contributed by atoms with Crippen molar-refractivity contribution in [1.82, 2.24) is 20.0 Å². The topological polar surface area (TPSA) is 122 Å². The highest BCUT2D eigenvalue weighted by atomic mass is 16.6. The highest BCUT2D eigenvalue weighted by molar-refractivity contribution is 5.68. The maximum atomic E-state index is 12.7. The van der Waals surface area contributed by atoms with Crippen LogP contribution >= 0.6 is 0 Å². The van der Waals surface area contributed by atoms with Gasteiger partial charge in [-0.25, -0.2) is 4.79 Å². The predicted molar refractivity (Wildman–Crippen MR) is 557 cm³/mol. The van der Waals surface area contributed by atoms with E-state index < -0.39 is 5.60 Å². The molecule has 2 unspecified atom stereocenters. The third-order valence-electron chi connectivity index (χ3n) is 34.6. The van der Waals surface area contributed by atoms with Gasteiger partial charge < -0.3 is 52.8 Å². The minimum atomic E-state index is -0.487. The molecule has 1 amide bonds. The zero-order chi connectivity index (χ0) is 93.4. The molecular formula is C118H212N4O10. The van der Waals surface area contributed by atoms with Gasteiger partial charge in [0.1, 0.15) is 5.60 Å². The maximum absolute atomic E-state index is 12.7. The summed E-state index contributed by atoms with van der Waals surface area (Å²) in [6.45, 7) is 52.4. The zero-order valence-electron chi connectivity index (χ0n) is 88.0. The van der Waals surface area contributed by atoms with Crippen LogP contribution in [0.1, 0.15) is 407 Å². The smallest absolute Gasteiger partial charge is 0.410 e. The van der Waals surface area contributed by atoms with Gasteiger partial charge in [0.2, 0.25) is 0 Å². The average molecular weight is 1850 g/mol. The number of unbranched alkanes of at least 4 members (excludes halogenated alkanes) is 18. The first-order valence-electron chi connectivity index (χ1n) is 56.4. The minimum Gasteiger partial charge on any atom is -0.444 e. The van der Waals surface area contributed by atoms with Gasteiger partial charge in [0.05, 0.1) is 90.5 Å². The lowest BCUT2D eigenvalue weighted by Crippen LogP contribution is -2.52. The normalized spacial score (nSPS) is 29.1. The number of nitrogens with one attached hydrogen (secondary N) is 1. The van der Waals surface area contributed by atoms with Crippen molar-refractivity contribution in [3.8, 4) is 0 Å². The van der Waals surface area contributed by atoms with E-state index in [-0.39, 0.29) is 25.7 Å². The average Bonchev–Trinajstić information content (AvgIpc) is 1.49. The molecule has 2 saturated heterocycles. The van der Waals surface area contributed by atoms with Crippen LogP contribution in [0.3, 0.4) is 0 Å². The molecule has 14 nitrogen and oxygen atoms in total. The van der Waals surface area contributed by atoms with E-state index in [1.54, 1.807) is 11.1 Å². The molecule has 6 saturated carbocycles. The Bertz CT molecular complexity index is 3200. The van der Waals surface area contributed by atoms with Gasteiger partial charge in [-0.15, -0.1) is 0 Å². The summed E-state index contributed by atoms with van der Waals surface area (Å²) in [5.41, 5.74) is 4.80. The van der Waals surface area contributed by atoms with E-state index in [2.05, 4.69) is 159 Å². The number of carbonyl (C=O) groups excluding carboxylic acids is 1. The maximum Gasteiger partial charge on any atom is 0.410 e. The molecule has 8 aliphatic carbocycles. The van der Waals surface area contributed by atoms with E-state index in [9.17, 15) is 4.79 Å². The molecule has 10 aliphatic rings. The van der Waals surface area contributed by atoms with Crippen LogP contribution in [0, 0.1) is 92.7 Å². The van der Waals surface area contributed by atoms with Crippen LogP contribution in [-0.4, -0.2) is 196 Å². The monoisotopic (exact) mass is 1850 g/mol. The number of ether oxygens (including phenoxy) is 9. The standard InChI is InChI=1S/C61H108N2O6.C56H100N2O4.CH4/c1-10-11-12-13-14-15-16-17-18-19-20-21-22-23-24-25-41-66-48-53(47-62-37-39-63(40-38-62)58(64)69-59(5,6)7)68-45-43-65-42-44-67-52-33-35-60(8)51(46-52)29-30-54-56-32-31-55(50(4)28-26-27-49(2)3)61(56,9)36-34-57(54)60;1-7-8-9-10-11-12-13-14-15-16-17-18-19-20-21-22-38-60-45-50(44-58-36-34-57-35-37-58)62-42-40-59-39-41-61-49-30-32-55(5)48(43-49)26-27-51-53-29-28-52(47(4)25-23-24-46(2)3)56(53,6)33-31-54(51)55;/h14-15,17-18,29,49-50,52-57H,10-13,16,19-28,30-48H2,1-9H3;11-12,14-15,26,46-47,49-54,57H,7-10,13,16-25,27-45H2,1-6H3;1H4/b15-14-,18-17-;12-11-,15-14-;/t50-,52+,53?,54+,55-,56+,57+,60+,61-;47-,49+,50?,51+,52-,53+,54+,55+,56-;/m11./s1. The molecule has 2 aliphatic heterocycles. The minimum absolute atomic E-state index is 0. The van der Waals surface area contributed by atoms with Crippen molar-refractivity contribution < 1.29 is 47.4 Å². The largest absolute Gasteiger partial charge is 0.444 e. The van der Waals surface area contributed by atoms with E-state index >= 15 is 0 Å². The molecule has 0 radical (unpaired) electrons. The molecule has 10 rings (SSSR count). The van der Waals surface area contributed by atoms with Gasteiger partial charge in [0.25, 0.3) is 0 Å². The first-order valence-corrected chi connectivity index (χ1v) is 56.4. The molecule has 14 heteroatoms. The fraction of sp³-hybridized carbons (Fsp3) is 0.890. The lowest BCUT2D eigenvalue weighted by atomic mass is 9.47. The third kappa shape index (κ3) is 38.9. The van der Waals surface area contributed by atoms with Crippen molar-refractivity contribution in [2.45, 2.75) is 437 Å². The SMILES string of the molecule is C.CCCCC/C=C\C/C=C\CCCCCCCCOCC(CN1CCN(C(=O)OC(C)(C)C)CC1)OCCOCCO[C@H]1CC[C@@]2(C)C(=CC[C@H]3[C@@H]4CC[C@H]([C@H](C)CCCC(C)C)[C@@]4(C)CC[C@@H]32)C1.CCCCC/C=C\C/C=C\CCCCCCCCOCC(CN1CCNCC1)OCCOCCO[C@H]1CC[C@@]2(C)C(=CC[C@H]3[C@@H]4CC[C@H]([C@H](C)CCCC(C)C)[C@@]4(C)CC[C@@H]32)C1. The Hall–Kier alpha value is -2.73. The van der Waals surface area contributed by atoms with Crippen molar-refractivity contribution in [1.29, 1.82) is 0 Å². The van der Waals surface area contributed by atoms with Gasteiger partial charge >= 0.3 is 6.09 Å². The Morgan fingerprint density at radius 1 is 0.424 bits per heavy atom. The molecular weight excluding hydrogens is 1630 g/mol. The molecule has 0 bridgehead atoms. The van der Waals surface area contributed by atoms with Crippen molar-refractivity contribution in [2.75, 3.05) is 145 Å². The Labute approximate surface area is 814 Å². The summed E-state index contributed by atoms with van der Waals surface area (Å²) in [7, 11) is 0. The number of nitrogens with zero attached hydrogens (tertiary/aromatic N) is 3. The van der Waals surface area contributed by atoms with Crippen molar-refractivity contribution in [3.05, 3.63) is 71.9 Å². The lowest BCUT2D eigenvalue weighted by molar-refractivity contribution is -0.0743. The molecule has 1 N–H and O–H groups in total. The molecule has 132 heavy (non-hydrogen) atoms. The predicted octanol–water partition coefficient (Wildman–Crippen LogP) is 29.4. The first-order chi connectivity index (χ1) is 63.5.